The van der Waals surface area contributed by atoms with E-state index in [9.17, 15) is 13.2 Å². The van der Waals surface area contributed by atoms with E-state index in [1.165, 1.54) is 31.2 Å². The molecule has 4 nitrogen and oxygen atoms in total. The van der Waals surface area contributed by atoms with Crippen molar-refractivity contribution in [1.82, 2.24) is 0 Å². The zero-order chi connectivity index (χ0) is 16.3. The second kappa shape index (κ2) is 6.32. The molecular weight excluding hydrogens is 300 g/mol. The quantitative estimate of drug-likeness (QED) is 0.622. The fourth-order valence-electron chi connectivity index (χ4n) is 1.96. The Hall–Kier alpha value is -2.14. The fraction of sp³-hybridized carbons (Fsp3) is 0.235. The van der Waals surface area contributed by atoms with Crippen molar-refractivity contribution < 1.29 is 17.4 Å². The number of carbonyl (C=O) groups excluding carboxylic acids is 1. The molecule has 2 aromatic carbocycles. The van der Waals surface area contributed by atoms with Crippen LogP contribution >= 0.6 is 0 Å². The Morgan fingerprint density at radius 3 is 2.23 bits per heavy atom. The van der Waals surface area contributed by atoms with E-state index in [0.717, 1.165) is 5.56 Å². The minimum Gasteiger partial charge on any atom is -0.379 e. The molecule has 2 aromatic rings. The first kappa shape index (κ1) is 16.2. The van der Waals surface area contributed by atoms with Crippen molar-refractivity contribution in [2.45, 2.75) is 31.6 Å². The highest BCUT2D eigenvalue weighted by Gasteiger charge is 2.17. The van der Waals surface area contributed by atoms with E-state index < -0.39 is 10.1 Å². The Labute approximate surface area is 130 Å². The van der Waals surface area contributed by atoms with Gasteiger partial charge in [-0.2, -0.15) is 8.42 Å². The van der Waals surface area contributed by atoms with Crippen molar-refractivity contribution in [3.63, 3.8) is 0 Å². The summed E-state index contributed by atoms with van der Waals surface area (Å²) in [4.78, 5) is 11.4. The molecule has 0 aliphatic heterocycles. The third-order valence-electron chi connectivity index (χ3n) is 3.28. The van der Waals surface area contributed by atoms with E-state index in [0.29, 0.717) is 11.5 Å². The van der Waals surface area contributed by atoms with Gasteiger partial charge in [-0.3, -0.25) is 4.79 Å². The maximum atomic E-state index is 12.3. The maximum Gasteiger partial charge on any atom is 0.339 e. The number of rotatable bonds is 5. The molecule has 0 spiro atoms. The van der Waals surface area contributed by atoms with Gasteiger partial charge in [-0.1, -0.05) is 38.1 Å². The molecule has 0 aromatic heterocycles. The highest BCUT2D eigenvalue weighted by molar-refractivity contribution is 7.87. The molecular formula is C17H18O4S. The minimum atomic E-state index is -3.91. The molecule has 0 saturated heterocycles. The largest absolute Gasteiger partial charge is 0.379 e. The fourth-order valence-corrected chi connectivity index (χ4v) is 2.88. The zero-order valence-corrected chi connectivity index (χ0v) is 13.6. The van der Waals surface area contributed by atoms with Gasteiger partial charge >= 0.3 is 10.1 Å². The SMILES string of the molecule is CC(=O)c1cccc(OS(=O)(=O)c2ccc(C(C)C)cc2)c1. The van der Waals surface area contributed by atoms with Crippen molar-refractivity contribution in [2.24, 2.45) is 0 Å². The summed E-state index contributed by atoms with van der Waals surface area (Å²) in [5.74, 6) is 0.301. The number of hydrogen-bond acceptors (Lipinski definition) is 4. The van der Waals surface area contributed by atoms with Crippen LogP contribution in [-0.2, 0) is 10.1 Å². The normalized spacial score (nSPS) is 11.5. The first-order chi connectivity index (χ1) is 10.3. The number of ketones is 1. The van der Waals surface area contributed by atoms with E-state index >= 15 is 0 Å². The van der Waals surface area contributed by atoms with Crippen LogP contribution in [0.3, 0.4) is 0 Å². The van der Waals surface area contributed by atoms with Crippen LogP contribution in [0, 0.1) is 0 Å². The Kier molecular flexibility index (Phi) is 4.66. The van der Waals surface area contributed by atoms with Gasteiger partial charge in [0.1, 0.15) is 10.6 Å². The summed E-state index contributed by atoms with van der Waals surface area (Å²) in [5, 5.41) is 0. The van der Waals surface area contributed by atoms with Gasteiger partial charge in [-0.15, -0.1) is 0 Å². The zero-order valence-electron chi connectivity index (χ0n) is 12.7. The predicted octanol–water partition coefficient (Wildman–Crippen LogP) is 3.78. The monoisotopic (exact) mass is 318 g/mol. The molecule has 0 aliphatic carbocycles. The van der Waals surface area contributed by atoms with Crippen LogP contribution in [0.1, 0.15) is 42.6 Å². The molecule has 0 unspecified atom stereocenters. The molecule has 0 fully saturated rings. The van der Waals surface area contributed by atoms with Gasteiger partial charge in [-0.05, 0) is 42.7 Å². The predicted molar refractivity (Wildman–Crippen MR) is 84.8 cm³/mol. The lowest BCUT2D eigenvalue weighted by atomic mass is 10.0. The van der Waals surface area contributed by atoms with Crippen LogP contribution in [0.2, 0.25) is 0 Å². The van der Waals surface area contributed by atoms with Crippen LogP contribution in [0.5, 0.6) is 5.75 Å². The van der Waals surface area contributed by atoms with E-state index in [2.05, 4.69) is 0 Å². The third-order valence-corrected chi connectivity index (χ3v) is 4.54. The Balaban J connectivity index is 2.27. The summed E-state index contributed by atoms with van der Waals surface area (Å²) in [5.41, 5.74) is 1.46. The van der Waals surface area contributed by atoms with Crippen LogP contribution in [0.4, 0.5) is 0 Å². The lowest BCUT2D eigenvalue weighted by molar-refractivity contribution is 0.101. The van der Waals surface area contributed by atoms with E-state index in [1.807, 2.05) is 13.8 Å². The van der Waals surface area contributed by atoms with Gasteiger partial charge < -0.3 is 4.18 Å². The molecule has 0 atom stereocenters. The average Bonchev–Trinajstić information content (AvgIpc) is 2.47. The maximum absolute atomic E-state index is 12.3. The van der Waals surface area contributed by atoms with Crippen molar-refractivity contribution in [1.29, 1.82) is 0 Å². The van der Waals surface area contributed by atoms with E-state index in [4.69, 9.17) is 4.18 Å². The highest BCUT2D eigenvalue weighted by atomic mass is 32.2. The Bertz CT molecular complexity index is 775. The summed E-state index contributed by atoms with van der Waals surface area (Å²) in [6.07, 6.45) is 0. The van der Waals surface area contributed by atoms with Crippen LogP contribution in [0.25, 0.3) is 0 Å². The molecule has 0 bridgehead atoms. The highest BCUT2D eigenvalue weighted by Crippen LogP contribution is 2.22. The van der Waals surface area contributed by atoms with Crippen LogP contribution < -0.4 is 4.18 Å². The first-order valence-electron chi connectivity index (χ1n) is 6.95. The Morgan fingerprint density at radius 2 is 1.68 bits per heavy atom. The minimum absolute atomic E-state index is 0.0881. The van der Waals surface area contributed by atoms with Gasteiger partial charge in [0.05, 0.1) is 0 Å². The molecule has 2 rings (SSSR count). The van der Waals surface area contributed by atoms with Gasteiger partial charge in [-0.25, -0.2) is 0 Å². The summed E-state index contributed by atoms with van der Waals surface area (Å²) in [6.45, 7) is 5.48. The summed E-state index contributed by atoms with van der Waals surface area (Å²) >= 11 is 0. The van der Waals surface area contributed by atoms with E-state index in [1.54, 1.807) is 24.3 Å². The van der Waals surface area contributed by atoms with Crippen LogP contribution in [0.15, 0.2) is 53.4 Å². The molecule has 116 valence electrons. The molecule has 0 N–H and O–H groups in total. The lowest BCUT2D eigenvalue weighted by Gasteiger charge is -2.09. The molecule has 0 heterocycles. The molecule has 5 heteroatoms. The topological polar surface area (TPSA) is 60.4 Å². The van der Waals surface area contributed by atoms with Crippen molar-refractivity contribution in [2.75, 3.05) is 0 Å². The standard InChI is InChI=1S/C17H18O4S/c1-12(2)14-7-9-17(10-8-14)22(19,20)21-16-6-4-5-15(11-16)13(3)18/h4-12H,1-3H3. The van der Waals surface area contributed by atoms with E-state index in [-0.39, 0.29) is 16.4 Å². The lowest BCUT2D eigenvalue weighted by Crippen LogP contribution is -2.10. The second-order valence-corrected chi connectivity index (χ2v) is 6.89. The van der Waals surface area contributed by atoms with Crippen molar-refractivity contribution in [3.8, 4) is 5.75 Å². The molecule has 0 aliphatic rings. The second-order valence-electron chi connectivity index (χ2n) is 5.35. The smallest absolute Gasteiger partial charge is 0.339 e. The third kappa shape index (κ3) is 3.74. The molecule has 22 heavy (non-hydrogen) atoms. The number of hydrogen-bond donors (Lipinski definition) is 0. The van der Waals surface area contributed by atoms with Crippen molar-refractivity contribution >= 4 is 15.9 Å². The van der Waals surface area contributed by atoms with Gasteiger partial charge in [0.2, 0.25) is 0 Å². The molecule has 0 saturated carbocycles. The van der Waals surface area contributed by atoms with Gasteiger partial charge in [0.15, 0.2) is 5.78 Å². The number of benzene rings is 2. The summed E-state index contributed by atoms with van der Waals surface area (Å²) in [6, 6.07) is 12.7. The van der Waals surface area contributed by atoms with Gasteiger partial charge in [0.25, 0.3) is 0 Å². The molecule has 0 radical (unpaired) electrons. The van der Waals surface area contributed by atoms with Crippen molar-refractivity contribution in [3.05, 3.63) is 59.7 Å². The average molecular weight is 318 g/mol. The van der Waals surface area contributed by atoms with Crippen LogP contribution in [-0.4, -0.2) is 14.2 Å². The first-order valence-corrected chi connectivity index (χ1v) is 8.36. The number of carbonyl (C=O) groups is 1. The Morgan fingerprint density at radius 1 is 1.05 bits per heavy atom. The molecule has 0 amide bonds. The van der Waals surface area contributed by atoms with Gasteiger partial charge in [0, 0.05) is 5.56 Å². The summed E-state index contributed by atoms with van der Waals surface area (Å²) in [7, 11) is -3.91. The number of Topliss-reactive ketones (excluding diaryl/α,β-unsaturated/α-hetero) is 1. The summed E-state index contributed by atoms with van der Waals surface area (Å²) < 4.78 is 29.6.